The zero-order valence-corrected chi connectivity index (χ0v) is 16.8. The first kappa shape index (κ1) is 21.5. The lowest BCUT2D eigenvalue weighted by Crippen LogP contribution is -2.11. The molecule has 2 aromatic heterocycles. The summed E-state index contributed by atoms with van der Waals surface area (Å²) in [6.45, 7) is 0.107. The van der Waals surface area contributed by atoms with Gasteiger partial charge in [0.25, 0.3) is 0 Å². The summed E-state index contributed by atoms with van der Waals surface area (Å²) in [5.74, 6) is -1.10. The Labute approximate surface area is 185 Å². The smallest absolute Gasteiger partial charge is 0.338 e. The monoisotopic (exact) mass is 450 g/mol. The van der Waals surface area contributed by atoms with Crippen molar-refractivity contribution in [1.82, 2.24) is 24.9 Å². The van der Waals surface area contributed by atoms with E-state index >= 15 is 0 Å². The molecule has 0 unspecified atom stereocenters. The third kappa shape index (κ3) is 5.91. The molecule has 0 bridgehead atoms. The number of hydrogen-bond acceptors (Lipinski definition) is 9. The molecule has 0 aliphatic carbocycles. The first-order chi connectivity index (χ1) is 15.9. The van der Waals surface area contributed by atoms with Crippen molar-refractivity contribution >= 4 is 35.2 Å². The van der Waals surface area contributed by atoms with Crippen LogP contribution in [-0.4, -0.2) is 36.0 Å². The Morgan fingerprint density at radius 3 is 1.67 bits per heavy atom. The van der Waals surface area contributed by atoms with E-state index in [4.69, 9.17) is 5.11 Å². The van der Waals surface area contributed by atoms with Gasteiger partial charge in [-0.1, -0.05) is 0 Å². The lowest BCUT2D eigenvalue weighted by atomic mass is 10.3. The molecular formula is C21H16F2N8O2. The van der Waals surface area contributed by atoms with Gasteiger partial charge in [-0.15, -0.1) is 0 Å². The Morgan fingerprint density at radius 2 is 1.21 bits per heavy atom. The standard InChI is InChI=1S/C21H16F2N8O2/c22-13-1-5-15(6-2-13)27-20-29-19(26-11-17-24-9-12(10-25-17)18(32)33)30-21(31-20)28-16-7-3-14(23)4-8-16/h1-10H,11H2,(H,32,33)(H3,26,27,28,29,30,31). The maximum Gasteiger partial charge on any atom is 0.338 e. The Bertz CT molecular complexity index is 1190. The van der Waals surface area contributed by atoms with Crippen LogP contribution >= 0.6 is 0 Å². The molecule has 0 aliphatic heterocycles. The minimum absolute atomic E-state index is 0.0320. The summed E-state index contributed by atoms with van der Waals surface area (Å²) in [6, 6.07) is 11.3. The van der Waals surface area contributed by atoms with E-state index in [0.29, 0.717) is 17.2 Å². The number of anilines is 5. The van der Waals surface area contributed by atoms with Gasteiger partial charge in [0.1, 0.15) is 17.5 Å². The second-order valence-corrected chi connectivity index (χ2v) is 6.62. The van der Waals surface area contributed by atoms with Gasteiger partial charge in [-0.3, -0.25) is 0 Å². The van der Waals surface area contributed by atoms with Crippen LogP contribution in [0.2, 0.25) is 0 Å². The molecule has 4 rings (SSSR count). The third-order valence-corrected chi connectivity index (χ3v) is 4.19. The minimum Gasteiger partial charge on any atom is -0.478 e. The van der Waals surface area contributed by atoms with E-state index in [9.17, 15) is 13.6 Å². The van der Waals surface area contributed by atoms with Crippen LogP contribution in [0.15, 0.2) is 60.9 Å². The maximum absolute atomic E-state index is 13.2. The largest absolute Gasteiger partial charge is 0.478 e. The molecule has 0 saturated carbocycles. The van der Waals surface area contributed by atoms with E-state index in [1.807, 2.05) is 0 Å². The van der Waals surface area contributed by atoms with E-state index in [1.54, 1.807) is 0 Å². The molecule has 0 spiro atoms. The average Bonchev–Trinajstić information content (AvgIpc) is 2.81. The second-order valence-electron chi connectivity index (χ2n) is 6.62. The highest BCUT2D eigenvalue weighted by molar-refractivity contribution is 5.86. The molecule has 2 aromatic carbocycles. The van der Waals surface area contributed by atoms with E-state index in [1.165, 1.54) is 60.9 Å². The van der Waals surface area contributed by atoms with Crippen LogP contribution in [0.25, 0.3) is 0 Å². The van der Waals surface area contributed by atoms with Gasteiger partial charge in [0, 0.05) is 23.8 Å². The molecule has 166 valence electrons. The van der Waals surface area contributed by atoms with Crippen molar-refractivity contribution in [2.24, 2.45) is 0 Å². The van der Waals surface area contributed by atoms with Gasteiger partial charge in [-0.25, -0.2) is 23.5 Å². The van der Waals surface area contributed by atoms with Crippen LogP contribution in [0.1, 0.15) is 16.2 Å². The van der Waals surface area contributed by atoms with Crippen molar-refractivity contribution in [3.63, 3.8) is 0 Å². The number of carboxylic acids is 1. The van der Waals surface area contributed by atoms with Crippen LogP contribution in [0, 0.1) is 11.6 Å². The van der Waals surface area contributed by atoms with Crippen LogP contribution in [0.4, 0.5) is 38.0 Å². The molecule has 33 heavy (non-hydrogen) atoms. The first-order valence-electron chi connectivity index (χ1n) is 9.54. The molecule has 4 N–H and O–H groups in total. The number of aromatic carboxylic acids is 1. The molecule has 0 radical (unpaired) electrons. The zero-order valence-electron chi connectivity index (χ0n) is 16.8. The van der Waals surface area contributed by atoms with Crippen molar-refractivity contribution < 1.29 is 18.7 Å². The highest BCUT2D eigenvalue weighted by atomic mass is 19.1. The summed E-state index contributed by atoms with van der Waals surface area (Å²) in [7, 11) is 0. The van der Waals surface area contributed by atoms with Crippen molar-refractivity contribution in [1.29, 1.82) is 0 Å². The predicted molar refractivity (Wildman–Crippen MR) is 116 cm³/mol. The van der Waals surface area contributed by atoms with Gasteiger partial charge in [-0.2, -0.15) is 15.0 Å². The van der Waals surface area contributed by atoms with E-state index in [2.05, 4.69) is 40.9 Å². The molecule has 12 heteroatoms. The van der Waals surface area contributed by atoms with Gasteiger partial charge in [0.2, 0.25) is 17.8 Å². The summed E-state index contributed by atoms with van der Waals surface area (Å²) in [4.78, 5) is 31.7. The van der Waals surface area contributed by atoms with Crippen molar-refractivity contribution in [2.45, 2.75) is 6.54 Å². The molecule has 2 heterocycles. The fourth-order valence-electron chi connectivity index (χ4n) is 2.61. The van der Waals surface area contributed by atoms with Gasteiger partial charge in [-0.05, 0) is 48.5 Å². The minimum atomic E-state index is -1.13. The second kappa shape index (κ2) is 9.60. The highest BCUT2D eigenvalue weighted by Crippen LogP contribution is 2.19. The van der Waals surface area contributed by atoms with Gasteiger partial charge >= 0.3 is 5.97 Å². The SMILES string of the molecule is O=C(O)c1cnc(CNc2nc(Nc3ccc(F)cc3)nc(Nc3ccc(F)cc3)n2)nc1. The molecule has 0 saturated heterocycles. The Morgan fingerprint density at radius 1 is 0.758 bits per heavy atom. The Balaban J connectivity index is 1.56. The fourth-order valence-corrected chi connectivity index (χ4v) is 2.61. The number of halogens is 2. The number of rotatable bonds is 8. The third-order valence-electron chi connectivity index (χ3n) is 4.19. The van der Waals surface area contributed by atoms with Crippen molar-refractivity contribution in [3.8, 4) is 0 Å². The van der Waals surface area contributed by atoms with Gasteiger partial charge in [0.05, 0.1) is 12.1 Å². The molecule has 4 aromatic rings. The van der Waals surface area contributed by atoms with Crippen LogP contribution in [0.5, 0.6) is 0 Å². The lowest BCUT2D eigenvalue weighted by Gasteiger charge is -2.11. The van der Waals surface area contributed by atoms with Crippen LogP contribution in [-0.2, 0) is 6.54 Å². The molecule has 0 amide bonds. The van der Waals surface area contributed by atoms with Gasteiger partial charge in [0.15, 0.2) is 0 Å². The molecule has 10 nitrogen and oxygen atoms in total. The van der Waals surface area contributed by atoms with Crippen LogP contribution < -0.4 is 16.0 Å². The molecule has 0 atom stereocenters. The predicted octanol–water partition coefficient (Wildman–Crippen LogP) is 3.74. The quantitative estimate of drug-likeness (QED) is 0.314. The lowest BCUT2D eigenvalue weighted by molar-refractivity contribution is 0.0696. The topological polar surface area (TPSA) is 138 Å². The summed E-state index contributed by atoms with van der Waals surface area (Å²) >= 11 is 0. The zero-order chi connectivity index (χ0) is 23.2. The highest BCUT2D eigenvalue weighted by Gasteiger charge is 2.10. The maximum atomic E-state index is 13.2. The summed E-state index contributed by atoms with van der Waals surface area (Å²) in [5.41, 5.74) is 1.07. The van der Waals surface area contributed by atoms with Crippen LogP contribution in [0.3, 0.4) is 0 Å². The van der Waals surface area contributed by atoms with Crippen molar-refractivity contribution in [2.75, 3.05) is 16.0 Å². The average molecular weight is 450 g/mol. The molecular weight excluding hydrogens is 434 g/mol. The summed E-state index contributed by atoms with van der Waals surface area (Å²) in [5, 5.41) is 17.8. The number of nitrogens with one attached hydrogen (secondary N) is 3. The number of nitrogens with zero attached hydrogens (tertiary/aromatic N) is 5. The van der Waals surface area contributed by atoms with Crippen molar-refractivity contribution in [3.05, 3.63) is 83.9 Å². The first-order valence-corrected chi connectivity index (χ1v) is 9.54. The Kier molecular flexibility index (Phi) is 6.25. The number of aromatic nitrogens is 5. The normalized spacial score (nSPS) is 10.5. The number of benzene rings is 2. The fraction of sp³-hybridized carbons (Fsp3) is 0.0476. The summed E-state index contributed by atoms with van der Waals surface area (Å²) in [6.07, 6.45) is 2.39. The molecule has 0 aliphatic rings. The Hall–Kier alpha value is -4.74. The number of hydrogen-bond donors (Lipinski definition) is 4. The number of carboxylic acid groups (broad SMARTS) is 1. The summed E-state index contributed by atoms with van der Waals surface area (Å²) < 4.78 is 26.4. The van der Waals surface area contributed by atoms with E-state index in [0.717, 1.165) is 0 Å². The van der Waals surface area contributed by atoms with E-state index in [-0.39, 0.29) is 41.6 Å². The van der Waals surface area contributed by atoms with Gasteiger partial charge < -0.3 is 21.1 Å². The van der Waals surface area contributed by atoms with E-state index < -0.39 is 5.97 Å². The number of carbonyl (C=O) groups is 1. The molecule has 0 fully saturated rings.